The van der Waals surface area contributed by atoms with Gasteiger partial charge in [0, 0.05) is 18.6 Å². The summed E-state index contributed by atoms with van der Waals surface area (Å²) in [6, 6.07) is 0. The van der Waals surface area contributed by atoms with E-state index in [1.165, 1.54) is 0 Å². The summed E-state index contributed by atoms with van der Waals surface area (Å²) >= 11 is 1.55. The van der Waals surface area contributed by atoms with Gasteiger partial charge in [0.05, 0.1) is 0 Å². The van der Waals surface area contributed by atoms with Crippen LogP contribution in [0.15, 0.2) is 11.6 Å². The monoisotopic (exact) mass is 113 g/mol. The Morgan fingerprint density at radius 3 is 3.00 bits per heavy atom. The zero-order valence-electron chi connectivity index (χ0n) is 3.96. The van der Waals surface area contributed by atoms with Crippen LogP contribution in [-0.2, 0) is 0 Å². The van der Waals surface area contributed by atoms with Crippen LogP contribution < -0.4 is 5.32 Å². The van der Waals surface area contributed by atoms with E-state index in [1.807, 2.05) is 5.38 Å². The maximum atomic E-state index is 3.89. The highest BCUT2D eigenvalue weighted by molar-refractivity contribution is 7.13. The van der Waals surface area contributed by atoms with Gasteiger partial charge in [0.1, 0.15) is 0 Å². The standard InChI is InChI=1S/C4H5N2S/c1-5-4-6-2-3-7-4/h2-3H,1H3. The second-order valence-corrected chi connectivity index (χ2v) is 1.91. The van der Waals surface area contributed by atoms with Gasteiger partial charge >= 0.3 is 0 Å². The number of nitrogens with zero attached hydrogens (tertiary/aromatic N) is 2. The zero-order chi connectivity index (χ0) is 5.11. The van der Waals surface area contributed by atoms with Crippen LogP contribution in [0, 0.1) is 0 Å². The van der Waals surface area contributed by atoms with E-state index in [4.69, 9.17) is 0 Å². The molecule has 2 nitrogen and oxygen atoms in total. The molecule has 0 amide bonds. The Bertz CT molecular complexity index is 124. The molecule has 0 atom stereocenters. The van der Waals surface area contributed by atoms with Gasteiger partial charge in [0.15, 0.2) is 0 Å². The van der Waals surface area contributed by atoms with Crippen molar-refractivity contribution in [1.82, 2.24) is 10.3 Å². The van der Waals surface area contributed by atoms with Gasteiger partial charge in [-0.15, -0.1) is 11.3 Å². The molecule has 0 bridgehead atoms. The van der Waals surface area contributed by atoms with Gasteiger partial charge in [-0.3, -0.25) is 5.32 Å². The Morgan fingerprint density at radius 1 is 1.86 bits per heavy atom. The predicted molar refractivity (Wildman–Crippen MR) is 29.8 cm³/mol. The van der Waals surface area contributed by atoms with Crippen molar-refractivity contribution in [3.63, 3.8) is 0 Å². The van der Waals surface area contributed by atoms with E-state index in [-0.39, 0.29) is 0 Å². The Hall–Kier alpha value is -0.570. The van der Waals surface area contributed by atoms with Crippen LogP contribution in [0.25, 0.3) is 0 Å². The fraction of sp³-hybridized carbons (Fsp3) is 0.250. The lowest BCUT2D eigenvalue weighted by Gasteiger charge is -1.79. The average Bonchev–Trinajstić information content (AvgIpc) is 2.14. The summed E-state index contributed by atoms with van der Waals surface area (Å²) in [6.45, 7) is 0. The smallest absolute Gasteiger partial charge is 0.204 e. The third kappa shape index (κ3) is 0.899. The molecule has 7 heavy (non-hydrogen) atoms. The van der Waals surface area contributed by atoms with Crippen molar-refractivity contribution in [1.29, 1.82) is 0 Å². The average molecular weight is 113 g/mol. The molecule has 0 aliphatic rings. The molecule has 0 aliphatic heterocycles. The van der Waals surface area contributed by atoms with E-state index >= 15 is 0 Å². The summed E-state index contributed by atoms with van der Waals surface area (Å²) in [5.74, 6) is 0. The van der Waals surface area contributed by atoms with E-state index in [9.17, 15) is 0 Å². The van der Waals surface area contributed by atoms with Crippen molar-refractivity contribution in [3.8, 4) is 0 Å². The number of rotatable bonds is 1. The topological polar surface area (TPSA) is 27.0 Å². The van der Waals surface area contributed by atoms with Crippen molar-refractivity contribution in [2.24, 2.45) is 0 Å². The molecule has 0 fully saturated rings. The molecular weight excluding hydrogens is 108 g/mol. The van der Waals surface area contributed by atoms with Gasteiger partial charge < -0.3 is 0 Å². The molecule has 0 saturated carbocycles. The first-order chi connectivity index (χ1) is 3.43. The van der Waals surface area contributed by atoms with Crippen LogP contribution in [0.5, 0.6) is 0 Å². The largest absolute Gasteiger partial charge is 0.261 e. The highest BCUT2D eigenvalue weighted by atomic mass is 32.1. The van der Waals surface area contributed by atoms with Gasteiger partial charge in [0.2, 0.25) is 5.13 Å². The normalized spacial score (nSPS) is 8.71. The quantitative estimate of drug-likeness (QED) is 0.534. The van der Waals surface area contributed by atoms with Gasteiger partial charge in [-0.05, 0) is 0 Å². The van der Waals surface area contributed by atoms with E-state index in [0.29, 0.717) is 0 Å². The molecule has 1 heterocycles. The fourth-order valence-electron chi connectivity index (χ4n) is 0.326. The third-order valence-corrected chi connectivity index (χ3v) is 1.37. The lowest BCUT2D eigenvalue weighted by molar-refractivity contribution is 1.06. The first-order valence-corrected chi connectivity index (χ1v) is 2.81. The first-order valence-electron chi connectivity index (χ1n) is 1.93. The number of hydrogen-bond acceptors (Lipinski definition) is 2. The second-order valence-electron chi connectivity index (χ2n) is 1.04. The van der Waals surface area contributed by atoms with Gasteiger partial charge in [-0.1, -0.05) is 0 Å². The Labute approximate surface area is 46.2 Å². The third-order valence-electron chi connectivity index (χ3n) is 0.611. The van der Waals surface area contributed by atoms with Gasteiger partial charge in [-0.2, -0.15) is 0 Å². The first kappa shape index (κ1) is 4.59. The van der Waals surface area contributed by atoms with Crippen molar-refractivity contribution in [2.45, 2.75) is 0 Å². The summed E-state index contributed by atoms with van der Waals surface area (Å²) < 4.78 is 0. The van der Waals surface area contributed by atoms with Crippen LogP contribution in [0.1, 0.15) is 0 Å². The van der Waals surface area contributed by atoms with Crippen molar-refractivity contribution in [3.05, 3.63) is 11.6 Å². The maximum absolute atomic E-state index is 3.89. The molecule has 0 aliphatic carbocycles. The van der Waals surface area contributed by atoms with Crippen molar-refractivity contribution < 1.29 is 0 Å². The van der Waals surface area contributed by atoms with Crippen LogP contribution in [0.3, 0.4) is 0 Å². The summed E-state index contributed by atoms with van der Waals surface area (Å²) in [6.07, 6.45) is 1.74. The van der Waals surface area contributed by atoms with E-state index in [1.54, 1.807) is 24.6 Å². The highest BCUT2D eigenvalue weighted by Gasteiger charge is 1.85. The lowest BCUT2D eigenvalue weighted by Crippen LogP contribution is -1.81. The molecule has 37 valence electrons. The van der Waals surface area contributed by atoms with Gasteiger partial charge in [0.25, 0.3) is 0 Å². The second kappa shape index (κ2) is 1.93. The molecule has 0 unspecified atom stereocenters. The lowest BCUT2D eigenvalue weighted by atomic mass is 11.0. The van der Waals surface area contributed by atoms with Crippen molar-refractivity contribution in [2.75, 3.05) is 7.05 Å². The fourth-order valence-corrected chi connectivity index (χ4v) is 0.797. The minimum absolute atomic E-state index is 0.847. The van der Waals surface area contributed by atoms with Crippen LogP contribution >= 0.6 is 11.3 Å². The predicted octanol–water partition coefficient (Wildman–Crippen LogP) is 1.01. The minimum atomic E-state index is 0.847. The Kier molecular flexibility index (Phi) is 1.26. The molecule has 3 heteroatoms. The molecule has 1 aromatic heterocycles. The van der Waals surface area contributed by atoms with Crippen LogP contribution in [0.4, 0.5) is 5.13 Å². The summed E-state index contributed by atoms with van der Waals surface area (Å²) in [5.41, 5.74) is 0. The Balaban J connectivity index is 2.76. The number of aromatic nitrogens is 1. The van der Waals surface area contributed by atoms with Crippen LogP contribution in [0.2, 0.25) is 0 Å². The van der Waals surface area contributed by atoms with Crippen molar-refractivity contribution >= 4 is 16.5 Å². The summed E-state index contributed by atoms with van der Waals surface area (Å²) in [4.78, 5) is 3.89. The molecule has 0 spiro atoms. The van der Waals surface area contributed by atoms with Gasteiger partial charge in [-0.25, -0.2) is 4.98 Å². The van der Waals surface area contributed by atoms with E-state index < -0.39 is 0 Å². The molecule has 1 radical (unpaired) electrons. The SMILES string of the molecule is C[N]c1nccs1. The summed E-state index contributed by atoms with van der Waals surface area (Å²) in [7, 11) is 1.73. The molecule has 1 rings (SSSR count). The summed E-state index contributed by atoms with van der Waals surface area (Å²) in [5, 5.41) is 6.59. The Morgan fingerprint density at radius 2 is 2.71 bits per heavy atom. The minimum Gasteiger partial charge on any atom is -0.261 e. The van der Waals surface area contributed by atoms with Crippen LogP contribution in [-0.4, -0.2) is 12.0 Å². The number of hydrogen-bond donors (Lipinski definition) is 0. The molecule has 1 aromatic rings. The molecular formula is C4H5N2S. The highest BCUT2D eigenvalue weighted by Crippen LogP contribution is 2.07. The molecule has 0 aromatic carbocycles. The number of thiazole rings is 1. The zero-order valence-corrected chi connectivity index (χ0v) is 4.77. The van der Waals surface area contributed by atoms with E-state index in [2.05, 4.69) is 10.3 Å². The molecule has 0 saturated heterocycles. The molecule has 0 N–H and O–H groups in total. The maximum Gasteiger partial charge on any atom is 0.204 e. The van der Waals surface area contributed by atoms with E-state index in [0.717, 1.165) is 5.13 Å².